The van der Waals surface area contributed by atoms with Gasteiger partial charge in [-0.25, -0.2) is 0 Å². The van der Waals surface area contributed by atoms with Crippen molar-refractivity contribution in [3.05, 3.63) is 0 Å². The van der Waals surface area contributed by atoms with E-state index in [1.165, 1.54) is 0 Å². The first kappa shape index (κ1) is 10.6. The van der Waals surface area contributed by atoms with Gasteiger partial charge in [-0.3, -0.25) is 4.79 Å². The second-order valence-corrected chi connectivity index (χ2v) is 2.74. The highest BCUT2D eigenvalue weighted by Crippen LogP contribution is 2.00. The molecule has 0 saturated heterocycles. The van der Waals surface area contributed by atoms with E-state index in [4.69, 9.17) is 4.74 Å². The number of carbonyl (C=O) groups is 1. The molecule has 0 aromatic carbocycles. The maximum Gasteiger partial charge on any atom is 0.132 e. The van der Waals surface area contributed by atoms with Gasteiger partial charge in [0.05, 0.1) is 0 Å². The van der Waals surface area contributed by atoms with Crippen LogP contribution < -0.4 is 0 Å². The van der Waals surface area contributed by atoms with Crippen molar-refractivity contribution in [3.63, 3.8) is 0 Å². The fraction of sp³-hybridized carbons (Fsp3) is 0.889. The predicted octanol–water partition coefficient (Wildman–Crippen LogP) is 2.17. The number of rotatable bonds is 7. The summed E-state index contributed by atoms with van der Waals surface area (Å²) in [5.41, 5.74) is 0. The minimum Gasteiger partial charge on any atom is -0.385 e. The van der Waals surface area contributed by atoms with E-state index in [0.717, 1.165) is 25.7 Å². The molecule has 2 nitrogen and oxygen atoms in total. The lowest BCUT2D eigenvalue weighted by Gasteiger charge is -1.98. The van der Waals surface area contributed by atoms with Crippen LogP contribution in [0, 0.1) is 0 Å². The number of ketones is 1. The minimum atomic E-state index is 0.379. The van der Waals surface area contributed by atoms with Gasteiger partial charge in [0, 0.05) is 26.6 Å². The van der Waals surface area contributed by atoms with Crippen molar-refractivity contribution in [2.24, 2.45) is 0 Å². The summed E-state index contributed by atoms with van der Waals surface area (Å²) in [5, 5.41) is 0. The molecule has 0 aliphatic carbocycles. The first-order valence-corrected chi connectivity index (χ1v) is 4.32. The molecule has 0 amide bonds. The molecule has 0 N–H and O–H groups in total. The normalized spacial score (nSPS) is 10.0. The fourth-order valence-electron chi connectivity index (χ4n) is 0.913. The van der Waals surface area contributed by atoms with Gasteiger partial charge in [0.1, 0.15) is 5.78 Å². The molecule has 0 aromatic rings. The Hall–Kier alpha value is -0.370. The van der Waals surface area contributed by atoms with Gasteiger partial charge in [0.25, 0.3) is 0 Å². The lowest BCUT2D eigenvalue weighted by molar-refractivity contribution is -0.119. The average Bonchev–Trinajstić information content (AvgIpc) is 2.01. The first-order chi connectivity index (χ1) is 5.31. The highest BCUT2D eigenvalue weighted by molar-refractivity contribution is 5.78. The van der Waals surface area contributed by atoms with Gasteiger partial charge in [-0.05, 0) is 12.8 Å². The van der Waals surface area contributed by atoms with Gasteiger partial charge < -0.3 is 4.74 Å². The Morgan fingerprint density at radius 2 is 1.91 bits per heavy atom. The van der Waals surface area contributed by atoms with E-state index in [9.17, 15) is 4.79 Å². The summed E-state index contributed by atoms with van der Waals surface area (Å²) >= 11 is 0. The number of hydrogen-bond acceptors (Lipinski definition) is 2. The van der Waals surface area contributed by atoms with Crippen LogP contribution in [0.25, 0.3) is 0 Å². The van der Waals surface area contributed by atoms with Crippen LogP contribution in [0.4, 0.5) is 0 Å². The van der Waals surface area contributed by atoms with E-state index in [1.54, 1.807) is 7.11 Å². The summed E-state index contributed by atoms with van der Waals surface area (Å²) in [6.07, 6.45) is 4.45. The Bertz CT molecular complexity index is 99.7. The molecule has 0 aliphatic rings. The minimum absolute atomic E-state index is 0.379. The molecule has 0 rings (SSSR count). The van der Waals surface area contributed by atoms with Crippen LogP contribution in [0.3, 0.4) is 0 Å². The summed E-state index contributed by atoms with van der Waals surface area (Å²) in [5.74, 6) is 0.379. The molecular formula is C9H18O2. The molecule has 0 aliphatic heterocycles. The van der Waals surface area contributed by atoms with Crippen LogP contribution in [0.2, 0.25) is 0 Å². The molecule has 0 unspecified atom stereocenters. The molecule has 2 heteroatoms. The third-order valence-electron chi connectivity index (χ3n) is 1.61. The molecule has 0 spiro atoms. The van der Waals surface area contributed by atoms with Gasteiger partial charge in [-0.1, -0.05) is 13.3 Å². The lowest BCUT2D eigenvalue weighted by Crippen LogP contribution is -1.99. The molecule has 0 aromatic heterocycles. The number of unbranched alkanes of at least 4 members (excludes halogenated alkanes) is 1. The molecule has 0 saturated carbocycles. The maximum atomic E-state index is 11.0. The van der Waals surface area contributed by atoms with E-state index in [-0.39, 0.29) is 0 Å². The second-order valence-electron chi connectivity index (χ2n) is 2.74. The molecule has 0 atom stereocenters. The van der Waals surface area contributed by atoms with E-state index in [2.05, 4.69) is 6.92 Å². The summed E-state index contributed by atoms with van der Waals surface area (Å²) in [6.45, 7) is 2.81. The Balaban J connectivity index is 3.09. The van der Waals surface area contributed by atoms with Crippen molar-refractivity contribution < 1.29 is 9.53 Å². The van der Waals surface area contributed by atoms with Crippen LogP contribution in [-0.2, 0) is 9.53 Å². The zero-order chi connectivity index (χ0) is 8.53. The van der Waals surface area contributed by atoms with Crippen LogP contribution in [-0.4, -0.2) is 19.5 Å². The smallest absolute Gasteiger partial charge is 0.132 e. The van der Waals surface area contributed by atoms with E-state index in [0.29, 0.717) is 18.8 Å². The van der Waals surface area contributed by atoms with Crippen molar-refractivity contribution >= 4 is 5.78 Å². The topological polar surface area (TPSA) is 26.3 Å². The van der Waals surface area contributed by atoms with E-state index >= 15 is 0 Å². The number of methoxy groups -OCH3 is 1. The van der Waals surface area contributed by atoms with Crippen LogP contribution >= 0.6 is 0 Å². The number of carbonyl (C=O) groups excluding carboxylic acids is 1. The van der Waals surface area contributed by atoms with Crippen molar-refractivity contribution in [1.82, 2.24) is 0 Å². The highest BCUT2D eigenvalue weighted by atomic mass is 16.5. The van der Waals surface area contributed by atoms with Crippen molar-refractivity contribution in [3.8, 4) is 0 Å². The fourth-order valence-corrected chi connectivity index (χ4v) is 0.913. The van der Waals surface area contributed by atoms with Crippen molar-refractivity contribution in [2.45, 2.75) is 39.0 Å². The Morgan fingerprint density at radius 3 is 2.45 bits per heavy atom. The van der Waals surface area contributed by atoms with Crippen LogP contribution in [0.1, 0.15) is 39.0 Å². The SMILES string of the molecule is CCCCC(=O)CCCOC. The zero-order valence-electron chi connectivity index (χ0n) is 7.56. The Kier molecular flexibility index (Phi) is 7.47. The second kappa shape index (κ2) is 7.73. The molecule has 11 heavy (non-hydrogen) atoms. The Labute approximate surface area is 68.9 Å². The van der Waals surface area contributed by atoms with Gasteiger partial charge in [0.15, 0.2) is 0 Å². The third-order valence-corrected chi connectivity index (χ3v) is 1.61. The highest BCUT2D eigenvalue weighted by Gasteiger charge is 1.99. The van der Waals surface area contributed by atoms with Gasteiger partial charge in [-0.2, -0.15) is 0 Å². The van der Waals surface area contributed by atoms with Gasteiger partial charge in [0.2, 0.25) is 0 Å². The van der Waals surface area contributed by atoms with Gasteiger partial charge >= 0.3 is 0 Å². The summed E-state index contributed by atoms with van der Waals surface area (Å²) in [7, 11) is 1.66. The zero-order valence-corrected chi connectivity index (χ0v) is 7.56. The van der Waals surface area contributed by atoms with E-state index in [1.807, 2.05) is 0 Å². The monoisotopic (exact) mass is 158 g/mol. The average molecular weight is 158 g/mol. The molecule has 66 valence electrons. The Morgan fingerprint density at radius 1 is 1.27 bits per heavy atom. The van der Waals surface area contributed by atoms with Crippen LogP contribution in [0.15, 0.2) is 0 Å². The molecular weight excluding hydrogens is 140 g/mol. The lowest BCUT2D eigenvalue weighted by atomic mass is 10.1. The summed E-state index contributed by atoms with van der Waals surface area (Å²) < 4.78 is 4.84. The number of ether oxygens (including phenoxy) is 1. The first-order valence-electron chi connectivity index (χ1n) is 4.32. The van der Waals surface area contributed by atoms with Gasteiger partial charge in [-0.15, -0.1) is 0 Å². The van der Waals surface area contributed by atoms with Crippen molar-refractivity contribution in [2.75, 3.05) is 13.7 Å². The summed E-state index contributed by atoms with van der Waals surface area (Å²) in [4.78, 5) is 11.0. The van der Waals surface area contributed by atoms with Crippen LogP contribution in [0.5, 0.6) is 0 Å². The summed E-state index contributed by atoms with van der Waals surface area (Å²) in [6, 6.07) is 0. The molecule has 0 bridgehead atoms. The number of Topliss-reactive ketones (excluding diaryl/α,β-unsaturated/α-hetero) is 1. The third kappa shape index (κ3) is 7.53. The quantitative estimate of drug-likeness (QED) is 0.531. The van der Waals surface area contributed by atoms with E-state index < -0.39 is 0 Å². The van der Waals surface area contributed by atoms with Crippen molar-refractivity contribution in [1.29, 1.82) is 0 Å². The standard InChI is InChI=1S/C9H18O2/c1-3-4-6-9(10)7-5-8-11-2/h3-8H2,1-2H3. The molecule has 0 heterocycles. The molecule has 0 radical (unpaired) electrons. The number of hydrogen-bond donors (Lipinski definition) is 0. The maximum absolute atomic E-state index is 11.0. The largest absolute Gasteiger partial charge is 0.385 e. The molecule has 0 fully saturated rings. The predicted molar refractivity (Wildman–Crippen MR) is 45.6 cm³/mol.